The van der Waals surface area contributed by atoms with Crippen LogP contribution in [0.15, 0.2) is 0 Å². The monoisotopic (exact) mass is 204 g/mol. The van der Waals surface area contributed by atoms with E-state index in [1.807, 2.05) is 0 Å². The normalized spacial score (nSPS) is 38.7. The summed E-state index contributed by atoms with van der Waals surface area (Å²) in [5.74, 6) is -0.118. The van der Waals surface area contributed by atoms with Crippen molar-refractivity contribution in [2.24, 2.45) is 0 Å². The Kier molecular flexibility index (Phi) is 4.00. The third-order valence-electron chi connectivity index (χ3n) is 2.34. The van der Waals surface area contributed by atoms with Crippen LogP contribution in [0.5, 0.6) is 0 Å². The average Bonchev–Trinajstić information content (AvgIpc) is 2.20. The fourth-order valence-corrected chi connectivity index (χ4v) is 1.56. The van der Waals surface area contributed by atoms with Gasteiger partial charge in [0.15, 0.2) is 12.1 Å². The van der Waals surface area contributed by atoms with Crippen LogP contribution in [0.3, 0.4) is 0 Å². The average molecular weight is 204 g/mol. The van der Waals surface area contributed by atoms with Gasteiger partial charge in [-0.25, -0.2) is 0 Å². The second-order valence-electron chi connectivity index (χ2n) is 3.14. The van der Waals surface area contributed by atoms with Crippen molar-refractivity contribution in [3.8, 4) is 0 Å². The van der Waals surface area contributed by atoms with Gasteiger partial charge in [0.1, 0.15) is 18.3 Å². The molecule has 4 atom stereocenters. The molecule has 0 aromatic heterocycles. The van der Waals surface area contributed by atoms with Gasteiger partial charge in [-0.2, -0.15) is 0 Å². The van der Waals surface area contributed by atoms with E-state index in [4.69, 9.17) is 18.9 Å². The topological polar surface area (TPSA) is 54.0 Å². The summed E-state index contributed by atoms with van der Waals surface area (Å²) in [6, 6.07) is 0. The maximum absolute atomic E-state index is 11.6. The number of carbonyl (C=O) groups is 1. The molecule has 14 heavy (non-hydrogen) atoms. The van der Waals surface area contributed by atoms with Crippen LogP contribution >= 0.6 is 0 Å². The predicted molar refractivity (Wildman–Crippen MR) is 47.9 cm³/mol. The van der Waals surface area contributed by atoms with Crippen LogP contribution in [0.2, 0.25) is 0 Å². The smallest absolute Gasteiger partial charge is 0.192 e. The lowest BCUT2D eigenvalue weighted by Crippen LogP contribution is -2.56. The van der Waals surface area contributed by atoms with Crippen LogP contribution in [0.4, 0.5) is 0 Å². The van der Waals surface area contributed by atoms with Crippen molar-refractivity contribution >= 4 is 5.78 Å². The molecule has 0 unspecified atom stereocenters. The third kappa shape index (κ3) is 1.95. The van der Waals surface area contributed by atoms with Gasteiger partial charge in [0.2, 0.25) is 0 Å². The summed E-state index contributed by atoms with van der Waals surface area (Å²) in [4.78, 5) is 11.6. The van der Waals surface area contributed by atoms with E-state index in [2.05, 4.69) is 0 Å². The maximum Gasteiger partial charge on any atom is 0.192 e. The molecule has 0 N–H and O–H groups in total. The van der Waals surface area contributed by atoms with Crippen molar-refractivity contribution < 1.29 is 23.7 Å². The first-order valence-corrected chi connectivity index (χ1v) is 4.43. The number of carbonyl (C=O) groups excluding carboxylic acids is 1. The Morgan fingerprint density at radius 1 is 1.14 bits per heavy atom. The summed E-state index contributed by atoms with van der Waals surface area (Å²) in [6.07, 6.45) is -2.20. The molecular weight excluding hydrogens is 188 g/mol. The number of hydrogen-bond donors (Lipinski definition) is 0. The van der Waals surface area contributed by atoms with Gasteiger partial charge in [0.25, 0.3) is 0 Å². The Bertz CT molecular complexity index is 205. The van der Waals surface area contributed by atoms with Crippen LogP contribution in [0.1, 0.15) is 6.92 Å². The second kappa shape index (κ2) is 4.84. The summed E-state index contributed by atoms with van der Waals surface area (Å²) in [7, 11) is 4.47. The number of ketones is 1. The lowest BCUT2D eigenvalue weighted by molar-refractivity contribution is -0.251. The van der Waals surface area contributed by atoms with E-state index >= 15 is 0 Å². The Hall–Kier alpha value is -0.490. The molecule has 0 saturated carbocycles. The van der Waals surface area contributed by atoms with Crippen molar-refractivity contribution in [1.82, 2.24) is 0 Å². The van der Waals surface area contributed by atoms with Crippen molar-refractivity contribution in [2.45, 2.75) is 31.5 Å². The first kappa shape index (κ1) is 11.6. The minimum Gasteiger partial charge on any atom is -0.373 e. The Balaban J connectivity index is 2.80. The molecule has 1 aliphatic rings. The zero-order chi connectivity index (χ0) is 10.7. The highest BCUT2D eigenvalue weighted by atomic mass is 16.7. The quantitative estimate of drug-likeness (QED) is 0.646. The van der Waals surface area contributed by atoms with E-state index in [1.165, 1.54) is 21.3 Å². The third-order valence-corrected chi connectivity index (χ3v) is 2.34. The van der Waals surface area contributed by atoms with Gasteiger partial charge in [-0.15, -0.1) is 0 Å². The lowest BCUT2D eigenvalue weighted by Gasteiger charge is -2.37. The molecule has 0 radical (unpaired) electrons. The predicted octanol–water partition coefficient (Wildman–Crippen LogP) is -0.0233. The highest BCUT2D eigenvalue weighted by molar-refractivity contribution is 5.88. The molecule has 0 spiro atoms. The van der Waals surface area contributed by atoms with E-state index in [0.717, 1.165) is 0 Å². The van der Waals surface area contributed by atoms with Crippen molar-refractivity contribution in [1.29, 1.82) is 0 Å². The second-order valence-corrected chi connectivity index (χ2v) is 3.14. The van der Waals surface area contributed by atoms with Gasteiger partial charge in [-0.05, 0) is 6.92 Å². The first-order chi connectivity index (χ1) is 6.65. The molecular formula is C9H16O5. The fraction of sp³-hybridized carbons (Fsp3) is 0.889. The minimum atomic E-state index is -0.617. The van der Waals surface area contributed by atoms with E-state index in [-0.39, 0.29) is 5.78 Å². The molecule has 5 nitrogen and oxygen atoms in total. The molecule has 5 heteroatoms. The zero-order valence-corrected chi connectivity index (χ0v) is 8.85. The molecule has 82 valence electrons. The van der Waals surface area contributed by atoms with Gasteiger partial charge >= 0.3 is 0 Å². The number of rotatable bonds is 3. The maximum atomic E-state index is 11.6. The van der Waals surface area contributed by atoms with Gasteiger partial charge < -0.3 is 18.9 Å². The standard InChI is InChI=1S/C9H16O5/c1-5-6(10)7(11-2)8(12-3)9(13-4)14-5/h5,7-9H,1-4H3/t5-,7-,8-,9+/m1/s1. The molecule has 0 aromatic carbocycles. The summed E-state index contributed by atoms with van der Waals surface area (Å²) >= 11 is 0. The van der Waals surface area contributed by atoms with Gasteiger partial charge in [0, 0.05) is 21.3 Å². The van der Waals surface area contributed by atoms with Crippen LogP contribution in [0.25, 0.3) is 0 Å². The molecule has 1 aliphatic heterocycles. The molecule has 1 heterocycles. The summed E-state index contributed by atoms with van der Waals surface area (Å²) in [6.45, 7) is 1.67. The van der Waals surface area contributed by atoms with Crippen LogP contribution < -0.4 is 0 Å². The SMILES string of the molecule is CO[C@H]1O[C@H](C)C(=O)[C@@H](OC)[C@H]1OC. The van der Waals surface area contributed by atoms with E-state index in [1.54, 1.807) is 6.92 Å². The number of hydrogen-bond acceptors (Lipinski definition) is 5. The zero-order valence-electron chi connectivity index (χ0n) is 8.85. The summed E-state index contributed by atoms with van der Waals surface area (Å²) < 4.78 is 20.6. The van der Waals surface area contributed by atoms with Gasteiger partial charge in [-0.1, -0.05) is 0 Å². The Morgan fingerprint density at radius 3 is 2.21 bits per heavy atom. The van der Waals surface area contributed by atoms with E-state index in [0.29, 0.717) is 0 Å². The number of ether oxygens (including phenoxy) is 4. The largest absolute Gasteiger partial charge is 0.373 e. The van der Waals surface area contributed by atoms with Crippen LogP contribution in [-0.2, 0) is 23.7 Å². The highest BCUT2D eigenvalue weighted by Gasteiger charge is 2.44. The van der Waals surface area contributed by atoms with E-state index < -0.39 is 24.6 Å². The van der Waals surface area contributed by atoms with Crippen molar-refractivity contribution in [2.75, 3.05) is 21.3 Å². The van der Waals surface area contributed by atoms with Crippen molar-refractivity contribution in [3.05, 3.63) is 0 Å². The molecule has 1 saturated heterocycles. The molecule has 1 fully saturated rings. The number of Topliss-reactive ketones (excluding diaryl/α,β-unsaturated/α-hetero) is 1. The molecule has 0 aliphatic carbocycles. The first-order valence-electron chi connectivity index (χ1n) is 4.43. The fourth-order valence-electron chi connectivity index (χ4n) is 1.56. The van der Waals surface area contributed by atoms with Gasteiger partial charge in [0.05, 0.1) is 0 Å². The highest BCUT2D eigenvalue weighted by Crippen LogP contribution is 2.22. The number of methoxy groups -OCH3 is 3. The van der Waals surface area contributed by atoms with Crippen molar-refractivity contribution in [3.63, 3.8) is 0 Å². The molecule has 0 aromatic rings. The minimum absolute atomic E-state index is 0.118. The summed E-state index contributed by atoms with van der Waals surface area (Å²) in [5.41, 5.74) is 0. The van der Waals surface area contributed by atoms with Crippen LogP contribution in [-0.4, -0.2) is 51.7 Å². The molecule has 0 bridgehead atoms. The Morgan fingerprint density at radius 2 is 1.79 bits per heavy atom. The van der Waals surface area contributed by atoms with Crippen LogP contribution in [0, 0.1) is 0 Å². The lowest BCUT2D eigenvalue weighted by atomic mass is 10.0. The summed E-state index contributed by atoms with van der Waals surface area (Å²) in [5, 5.41) is 0. The Labute approximate surface area is 83.3 Å². The van der Waals surface area contributed by atoms with E-state index in [9.17, 15) is 4.79 Å². The molecule has 1 rings (SSSR count). The van der Waals surface area contributed by atoms with Gasteiger partial charge in [-0.3, -0.25) is 4.79 Å². The molecule has 0 amide bonds.